The van der Waals surface area contributed by atoms with Crippen molar-refractivity contribution >= 4 is 11.6 Å². The molecule has 0 spiro atoms. The maximum atomic E-state index is 2.16. The van der Waals surface area contributed by atoms with Crippen LogP contribution in [0.5, 0.6) is 0 Å². The molecule has 0 atom stereocenters. The predicted octanol–water partition coefficient (Wildman–Crippen LogP) is 2.62. The Morgan fingerprint density at radius 2 is 1.85 bits per heavy atom. The van der Waals surface area contributed by atoms with Gasteiger partial charge < -0.3 is 4.90 Å². The molecule has 0 bridgehead atoms. The van der Waals surface area contributed by atoms with Gasteiger partial charge in [0.15, 0.2) is 0 Å². The lowest BCUT2D eigenvalue weighted by atomic mass is 10.1. The summed E-state index contributed by atoms with van der Waals surface area (Å²) in [4.78, 5) is 2.07. The normalized spacial score (nSPS) is 16.3. The van der Waals surface area contributed by atoms with Crippen molar-refractivity contribution in [3.63, 3.8) is 0 Å². The SMILES string of the molecule is CN(C)/C=C1\C=Cc2ccccc21. The smallest absolute Gasteiger partial charge is 0.00649 e. The molecule has 0 saturated carbocycles. The van der Waals surface area contributed by atoms with Gasteiger partial charge in [0.2, 0.25) is 0 Å². The monoisotopic (exact) mass is 171 g/mol. The minimum absolute atomic E-state index is 1.29. The van der Waals surface area contributed by atoms with Crippen LogP contribution in [-0.4, -0.2) is 19.0 Å². The highest BCUT2D eigenvalue weighted by Crippen LogP contribution is 2.28. The summed E-state index contributed by atoms with van der Waals surface area (Å²) in [5.41, 5.74) is 3.94. The summed E-state index contributed by atoms with van der Waals surface area (Å²) in [7, 11) is 4.09. The van der Waals surface area contributed by atoms with Crippen molar-refractivity contribution in [3.05, 3.63) is 47.7 Å². The third-order valence-electron chi connectivity index (χ3n) is 2.11. The zero-order valence-corrected chi connectivity index (χ0v) is 7.99. The molecule has 0 N–H and O–H groups in total. The van der Waals surface area contributed by atoms with Crippen LogP contribution in [0, 0.1) is 0 Å². The van der Waals surface area contributed by atoms with Gasteiger partial charge in [0, 0.05) is 20.3 Å². The van der Waals surface area contributed by atoms with Crippen molar-refractivity contribution in [2.45, 2.75) is 0 Å². The molecule has 0 heterocycles. The Morgan fingerprint density at radius 3 is 2.62 bits per heavy atom. The number of allylic oxidation sites excluding steroid dienone is 2. The van der Waals surface area contributed by atoms with Crippen molar-refractivity contribution in [2.75, 3.05) is 14.1 Å². The number of hydrogen-bond acceptors (Lipinski definition) is 1. The molecule has 0 saturated heterocycles. The van der Waals surface area contributed by atoms with Crippen molar-refractivity contribution < 1.29 is 0 Å². The molecule has 0 unspecified atom stereocenters. The van der Waals surface area contributed by atoms with E-state index in [4.69, 9.17) is 0 Å². The van der Waals surface area contributed by atoms with E-state index in [0.29, 0.717) is 0 Å². The van der Waals surface area contributed by atoms with E-state index in [-0.39, 0.29) is 0 Å². The van der Waals surface area contributed by atoms with Crippen LogP contribution in [0.4, 0.5) is 0 Å². The Kier molecular flexibility index (Phi) is 1.93. The lowest BCUT2D eigenvalue weighted by molar-refractivity contribution is 0.566. The summed E-state index contributed by atoms with van der Waals surface area (Å²) >= 11 is 0. The van der Waals surface area contributed by atoms with Gasteiger partial charge in [-0.3, -0.25) is 0 Å². The van der Waals surface area contributed by atoms with Gasteiger partial charge in [-0.25, -0.2) is 0 Å². The van der Waals surface area contributed by atoms with Crippen LogP contribution in [0.1, 0.15) is 11.1 Å². The second kappa shape index (κ2) is 3.09. The first-order valence-electron chi connectivity index (χ1n) is 4.43. The predicted molar refractivity (Wildman–Crippen MR) is 57.1 cm³/mol. The molecule has 0 aliphatic heterocycles. The van der Waals surface area contributed by atoms with Crippen LogP contribution in [0.3, 0.4) is 0 Å². The fourth-order valence-electron chi connectivity index (χ4n) is 1.57. The molecular formula is C12H13N. The van der Waals surface area contributed by atoms with E-state index >= 15 is 0 Å². The quantitative estimate of drug-likeness (QED) is 0.627. The Labute approximate surface area is 79.0 Å². The van der Waals surface area contributed by atoms with Crippen LogP contribution in [0.25, 0.3) is 11.6 Å². The molecule has 1 aromatic rings. The second-order valence-electron chi connectivity index (χ2n) is 3.47. The largest absolute Gasteiger partial charge is 0.383 e. The van der Waals surface area contributed by atoms with E-state index in [0.717, 1.165) is 0 Å². The number of rotatable bonds is 1. The number of fused-ring (bicyclic) bond motifs is 1. The summed E-state index contributed by atoms with van der Waals surface area (Å²) in [6, 6.07) is 8.45. The summed E-state index contributed by atoms with van der Waals surface area (Å²) < 4.78 is 0. The van der Waals surface area contributed by atoms with E-state index in [2.05, 4.69) is 47.5 Å². The van der Waals surface area contributed by atoms with Crippen molar-refractivity contribution in [1.29, 1.82) is 0 Å². The first kappa shape index (κ1) is 8.11. The van der Waals surface area contributed by atoms with Gasteiger partial charge in [0.1, 0.15) is 0 Å². The Hall–Kier alpha value is -1.50. The van der Waals surface area contributed by atoms with Gasteiger partial charge in [-0.2, -0.15) is 0 Å². The fourth-order valence-corrected chi connectivity index (χ4v) is 1.57. The van der Waals surface area contributed by atoms with Gasteiger partial charge in [-0.1, -0.05) is 36.4 Å². The highest BCUT2D eigenvalue weighted by molar-refractivity contribution is 5.89. The molecule has 2 rings (SSSR count). The average Bonchev–Trinajstić information content (AvgIpc) is 2.48. The van der Waals surface area contributed by atoms with Gasteiger partial charge in [0.05, 0.1) is 0 Å². The van der Waals surface area contributed by atoms with Crippen LogP contribution >= 0.6 is 0 Å². The lowest BCUT2D eigenvalue weighted by Crippen LogP contribution is -2.01. The second-order valence-corrected chi connectivity index (χ2v) is 3.47. The highest BCUT2D eigenvalue weighted by Gasteiger charge is 2.08. The van der Waals surface area contributed by atoms with Gasteiger partial charge in [-0.15, -0.1) is 0 Å². The maximum Gasteiger partial charge on any atom is 0.00649 e. The number of hydrogen-bond donors (Lipinski definition) is 0. The van der Waals surface area contributed by atoms with Crippen LogP contribution in [0.15, 0.2) is 36.5 Å². The van der Waals surface area contributed by atoms with Crippen LogP contribution in [-0.2, 0) is 0 Å². The summed E-state index contributed by atoms with van der Waals surface area (Å²) in [6.45, 7) is 0. The molecule has 0 aromatic heterocycles. The number of benzene rings is 1. The molecule has 1 aliphatic carbocycles. The Balaban J connectivity index is 2.44. The molecule has 0 radical (unpaired) electrons. The zero-order valence-electron chi connectivity index (χ0n) is 7.99. The first-order valence-corrected chi connectivity index (χ1v) is 4.43. The zero-order chi connectivity index (χ0) is 9.26. The molecular weight excluding hydrogens is 158 g/mol. The first-order chi connectivity index (χ1) is 6.27. The number of nitrogens with zero attached hydrogens (tertiary/aromatic N) is 1. The summed E-state index contributed by atoms with van der Waals surface area (Å²) in [5.74, 6) is 0. The standard InChI is InChI=1S/C12H13N/c1-13(2)9-11-8-7-10-5-3-4-6-12(10)11/h3-9H,1-2H3/b11-9+. The van der Waals surface area contributed by atoms with E-state index in [1.54, 1.807) is 0 Å². The third kappa shape index (κ3) is 1.50. The fraction of sp³-hybridized carbons (Fsp3) is 0.167. The van der Waals surface area contributed by atoms with E-state index in [9.17, 15) is 0 Å². The summed E-state index contributed by atoms with van der Waals surface area (Å²) in [5, 5.41) is 0. The van der Waals surface area contributed by atoms with Gasteiger partial charge in [0.25, 0.3) is 0 Å². The van der Waals surface area contributed by atoms with Crippen molar-refractivity contribution in [1.82, 2.24) is 4.90 Å². The summed E-state index contributed by atoms with van der Waals surface area (Å²) in [6.07, 6.45) is 6.46. The average molecular weight is 171 g/mol. The molecule has 1 nitrogen and oxygen atoms in total. The molecule has 13 heavy (non-hydrogen) atoms. The lowest BCUT2D eigenvalue weighted by Gasteiger charge is -2.07. The molecule has 66 valence electrons. The Morgan fingerprint density at radius 1 is 1.08 bits per heavy atom. The third-order valence-corrected chi connectivity index (χ3v) is 2.11. The molecule has 0 amide bonds. The minimum Gasteiger partial charge on any atom is -0.383 e. The van der Waals surface area contributed by atoms with E-state index in [1.165, 1.54) is 16.7 Å². The van der Waals surface area contributed by atoms with E-state index < -0.39 is 0 Å². The highest BCUT2D eigenvalue weighted by atomic mass is 15.0. The molecule has 1 aliphatic rings. The molecule has 1 heteroatoms. The topological polar surface area (TPSA) is 3.24 Å². The van der Waals surface area contributed by atoms with Crippen LogP contribution in [0.2, 0.25) is 0 Å². The Bertz CT molecular complexity index is 372. The molecule has 0 fully saturated rings. The van der Waals surface area contributed by atoms with Crippen molar-refractivity contribution in [2.24, 2.45) is 0 Å². The molecule has 1 aromatic carbocycles. The minimum atomic E-state index is 1.29. The maximum absolute atomic E-state index is 2.16. The van der Waals surface area contributed by atoms with E-state index in [1.807, 2.05) is 14.1 Å². The van der Waals surface area contributed by atoms with Crippen molar-refractivity contribution in [3.8, 4) is 0 Å². The van der Waals surface area contributed by atoms with Gasteiger partial charge >= 0.3 is 0 Å². The van der Waals surface area contributed by atoms with Crippen LogP contribution < -0.4 is 0 Å². The van der Waals surface area contributed by atoms with Gasteiger partial charge in [-0.05, 0) is 16.7 Å².